The number of nitrogens with zero attached hydrogens (tertiary/aromatic N) is 6. The van der Waals surface area contributed by atoms with Crippen molar-refractivity contribution in [2.75, 3.05) is 7.11 Å². The van der Waals surface area contributed by atoms with Crippen molar-refractivity contribution in [3.05, 3.63) is 224 Å². The van der Waals surface area contributed by atoms with Crippen LogP contribution in [0.3, 0.4) is 0 Å². The lowest BCUT2D eigenvalue weighted by atomic mass is 9.98. The number of carbonyl (C=O) groups excluding carboxylic acids is 6. The Morgan fingerprint density at radius 1 is 0.455 bits per heavy atom. The second-order valence-electron chi connectivity index (χ2n) is 30.8. The standard InChI is InChI=1S/C31H29F2N3O5.C25H25F2N3O5.C24H23F2N3O5/c1-16-11-23-31-35(20-9-10-21(13-20)41-31)30(39)26-28(40-15-17-5-3-2-4-6-17)27(37)24(25(16)36(23)26)29(38)34-14-18-7-8-19(32)12-22(18)33;1-11-7-17-25-29(14-5-6-15(9-14)35-25)24(33)20-22(34-2)21(31)18(19(11)30(17)20)23(32)28-10-12-3-4-13(26)8-16(12)27;1-10-6-16-24-28(13-4-5-14(8-13)34-24)23(33)19-21(31)20(30)17(18(10)29(16)19)22(32)27-9-11-2-3-12(25)7-15(11)26/h2-8,12,16,20-21,23,31H,9-11,13-15H2,1H3,(H,34,38);3-4,8,11,14-15,17,25H,5-7,9-10H2,1-2H3,(H,28,32);2-3,7,10,13-14,16,24,31H,4-6,8-9H2,1H3,(H,27,32)/t16?,20?,21?,23-,31-;11?,14?,15?,17-,25-;10?,13?,14?,16-,24-/m111/s1. The quantitative estimate of drug-likeness (QED) is 0.0782. The summed E-state index contributed by atoms with van der Waals surface area (Å²) in [7, 11) is 1.31. The first-order valence-corrected chi connectivity index (χ1v) is 37.3. The summed E-state index contributed by atoms with van der Waals surface area (Å²) in [4.78, 5) is 127. The van der Waals surface area contributed by atoms with Crippen LogP contribution in [-0.2, 0) is 40.5 Å². The molecule has 15 atom stereocenters. The fourth-order valence-electron chi connectivity index (χ4n) is 19.5. The van der Waals surface area contributed by atoms with Crippen molar-refractivity contribution >= 4 is 35.4 Å². The lowest BCUT2D eigenvalue weighted by Crippen LogP contribution is -2.58. The number of aromatic nitrogens is 3. The van der Waals surface area contributed by atoms with Gasteiger partial charge in [0.15, 0.2) is 53.0 Å². The van der Waals surface area contributed by atoms with Crippen LogP contribution in [0.4, 0.5) is 26.3 Å². The smallest absolute Gasteiger partial charge is 0.276 e. The predicted molar refractivity (Wildman–Crippen MR) is 377 cm³/mol. The van der Waals surface area contributed by atoms with Crippen LogP contribution < -0.4 is 41.7 Å². The van der Waals surface area contributed by atoms with E-state index < -0.39 is 99.3 Å². The molecule has 6 amide bonds. The molecule has 12 heterocycles. The summed E-state index contributed by atoms with van der Waals surface area (Å²) >= 11 is 0. The van der Waals surface area contributed by atoms with Crippen molar-refractivity contribution in [2.24, 2.45) is 0 Å². The van der Waals surface area contributed by atoms with E-state index in [2.05, 4.69) is 16.0 Å². The lowest BCUT2D eigenvalue weighted by Gasteiger charge is -2.47. The van der Waals surface area contributed by atoms with Gasteiger partial charge in [-0.2, -0.15) is 0 Å². The monoisotopic (exact) mass is 1520 g/mol. The first-order chi connectivity index (χ1) is 52.9. The van der Waals surface area contributed by atoms with Crippen LogP contribution >= 0.6 is 0 Å². The molecule has 3 aliphatic carbocycles. The summed E-state index contributed by atoms with van der Waals surface area (Å²) in [6.45, 7) is 4.98. The summed E-state index contributed by atoms with van der Waals surface area (Å²) < 4.78 is 118. The van der Waals surface area contributed by atoms with Crippen molar-refractivity contribution in [1.82, 2.24) is 44.4 Å². The van der Waals surface area contributed by atoms with E-state index >= 15 is 0 Å². The fraction of sp³-hybridized carbons (Fsp3) is 0.438. The van der Waals surface area contributed by atoms with Gasteiger partial charge in [-0.1, -0.05) is 69.3 Å². The van der Waals surface area contributed by atoms with Crippen LogP contribution in [0, 0.1) is 34.9 Å². The van der Waals surface area contributed by atoms with E-state index in [9.17, 15) is 74.6 Å². The van der Waals surface area contributed by atoms with Crippen molar-refractivity contribution in [3.63, 3.8) is 0 Å². The van der Waals surface area contributed by atoms with E-state index in [1.165, 1.54) is 25.3 Å². The van der Waals surface area contributed by atoms with Gasteiger partial charge in [-0.15, -0.1) is 0 Å². The highest BCUT2D eigenvalue weighted by molar-refractivity contribution is 6.03. The van der Waals surface area contributed by atoms with E-state index in [0.29, 0.717) is 42.4 Å². The summed E-state index contributed by atoms with van der Waals surface area (Å²) in [5.41, 5.74) is -0.281. The molecular formula is C80H77F6N9O15. The average molecular weight is 1520 g/mol. The molecule has 19 rings (SSSR count). The Balaban J connectivity index is 0.000000121. The molecule has 6 fully saturated rings. The Morgan fingerprint density at radius 3 is 1.17 bits per heavy atom. The number of ether oxygens (including phenoxy) is 5. The van der Waals surface area contributed by atoms with Gasteiger partial charge in [0.05, 0.1) is 43.5 Å². The maximum Gasteiger partial charge on any atom is 0.276 e. The first kappa shape index (κ1) is 72.3. The number of hydrogen-bond acceptors (Lipinski definition) is 15. The molecule has 110 heavy (non-hydrogen) atoms. The molecule has 4 aromatic carbocycles. The number of rotatable bonds is 13. The largest absolute Gasteiger partial charge is 0.503 e. The van der Waals surface area contributed by atoms with Gasteiger partial charge in [-0.3, -0.25) is 43.2 Å². The Morgan fingerprint density at radius 2 is 0.800 bits per heavy atom. The van der Waals surface area contributed by atoms with Crippen molar-refractivity contribution < 1.29 is 83.9 Å². The highest BCUT2D eigenvalue weighted by Crippen LogP contribution is 2.54. The minimum Gasteiger partial charge on any atom is -0.503 e. The van der Waals surface area contributed by atoms with Gasteiger partial charge < -0.3 is 73.1 Å². The molecule has 6 bridgehead atoms. The molecule has 7 aromatic rings. The number of methoxy groups -OCH3 is 1. The Kier molecular flexibility index (Phi) is 18.2. The minimum atomic E-state index is -0.931. The molecule has 9 unspecified atom stereocenters. The molecule has 0 spiro atoms. The number of carbonyl (C=O) groups is 6. The minimum absolute atomic E-state index is 0.00689. The summed E-state index contributed by atoms with van der Waals surface area (Å²) in [5.74, 6) is -9.68. The number of hydrogen-bond donors (Lipinski definition) is 4. The number of amides is 6. The predicted octanol–water partition coefficient (Wildman–Crippen LogP) is 9.81. The van der Waals surface area contributed by atoms with Gasteiger partial charge in [0.1, 0.15) is 58.2 Å². The van der Waals surface area contributed by atoms with Crippen LogP contribution in [0.25, 0.3) is 0 Å². The number of pyridine rings is 3. The third-order valence-electron chi connectivity index (χ3n) is 24.3. The second kappa shape index (κ2) is 27.8. The zero-order valence-corrected chi connectivity index (χ0v) is 60.2. The zero-order chi connectivity index (χ0) is 76.9. The zero-order valence-electron chi connectivity index (χ0n) is 60.2. The van der Waals surface area contributed by atoms with Crippen molar-refractivity contribution in [1.29, 1.82) is 0 Å². The van der Waals surface area contributed by atoms with Gasteiger partial charge in [0.2, 0.25) is 16.3 Å². The molecule has 9 aliphatic heterocycles. The molecule has 0 radical (unpaired) electrons. The summed E-state index contributed by atoms with van der Waals surface area (Å²) in [5, 5.41) is 18.5. The van der Waals surface area contributed by atoms with Crippen molar-refractivity contribution in [2.45, 2.75) is 215 Å². The van der Waals surface area contributed by atoms with Crippen LogP contribution in [0.15, 0.2) is 99.3 Å². The van der Waals surface area contributed by atoms with E-state index in [4.69, 9.17) is 23.7 Å². The van der Waals surface area contributed by atoms with E-state index in [1.807, 2.05) is 51.1 Å². The second-order valence-corrected chi connectivity index (χ2v) is 30.8. The maximum atomic E-state index is 14.3. The highest BCUT2D eigenvalue weighted by atomic mass is 19.2. The number of benzene rings is 4. The molecule has 3 saturated heterocycles. The topological polar surface area (TPSA) is 281 Å². The third-order valence-corrected chi connectivity index (χ3v) is 24.3. The van der Waals surface area contributed by atoms with Crippen LogP contribution in [0.1, 0.15) is 236 Å². The van der Waals surface area contributed by atoms with Crippen LogP contribution in [-0.4, -0.2) is 131 Å². The van der Waals surface area contributed by atoms with Gasteiger partial charge in [0.25, 0.3) is 35.4 Å². The number of fused-ring (bicyclic) bond motifs is 15. The Labute approximate surface area is 624 Å². The molecule has 24 nitrogen and oxygen atoms in total. The third kappa shape index (κ3) is 11.8. The van der Waals surface area contributed by atoms with Crippen LogP contribution in [0.5, 0.6) is 17.2 Å². The van der Waals surface area contributed by atoms with E-state index in [1.54, 1.807) is 28.4 Å². The molecule has 3 aromatic heterocycles. The van der Waals surface area contributed by atoms with Gasteiger partial charge in [0, 0.05) is 89.7 Å². The van der Waals surface area contributed by atoms with Gasteiger partial charge >= 0.3 is 0 Å². The van der Waals surface area contributed by atoms with E-state index in [0.717, 1.165) is 93.7 Å². The molecule has 574 valence electrons. The molecule has 4 N–H and O–H groups in total. The summed E-state index contributed by atoms with van der Waals surface area (Å²) in [6, 6.07) is 17.7. The molecule has 12 aliphatic rings. The number of nitrogens with one attached hydrogen (secondary N) is 3. The SMILES string of the molecule is CC1C[C@@H]2[C@H]3OC4CCC(C4)N3C(=O)c3c(O)c(=O)c(C(=O)NCc4ccc(F)cc4F)c1n32.CC1C[C@@H]2[C@H]3OC4CCC(C4)N3C(=O)c3c(OCc4ccccc4)c(=O)c(C(=O)NCc4ccc(F)cc4F)c1n32.COc1c2n3c(c(C(=O)NCc4ccc(F)cc4F)c1=O)C(C)C[C@@H]3[C@H]1OC3CCC(C3)N1C2=O. The Bertz CT molecular complexity index is 5270. The lowest BCUT2D eigenvalue weighted by molar-refractivity contribution is -0.147. The number of halogens is 6. The maximum absolute atomic E-state index is 14.3. The van der Waals surface area contributed by atoms with E-state index in [-0.39, 0.29) is 172 Å². The normalized spacial score (nSPS) is 27.3. The first-order valence-electron chi connectivity index (χ1n) is 37.3. The average Bonchev–Trinajstić information content (AvgIpc) is 1.52. The Hall–Kier alpha value is -10.6. The van der Waals surface area contributed by atoms with Gasteiger partial charge in [-0.25, -0.2) is 26.3 Å². The van der Waals surface area contributed by atoms with Crippen LogP contribution in [0.2, 0.25) is 0 Å². The van der Waals surface area contributed by atoms with Crippen molar-refractivity contribution in [3.8, 4) is 17.2 Å². The van der Waals surface area contributed by atoms with Gasteiger partial charge in [-0.05, 0) is 119 Å². The molecule has 30 heteroatoms. The molecular weight excluding hydrogens is 1440 g/mol. The summed E-state index contributed by atoms with van der Waals surface area (Å²) in [6.07, 6.45) is 7.92. The molecule has 3 saturated carbocycles. The number of aromatic hydroxyl groups is 1. The fourth-order valence-corrected chi connectivity index (χ4v) is 19.5. The highest BCUT2D eigenvalue weighted by Gasteiger charge is 2.59.